The first-order chi connectivity index (χ1) is 8.67. The highest BCUT2D eigenvalue weighted by molar-refractivity contribution is 7.94. The lowest BCUT2D eigenvalue weighted by molar-refractivity contribution is -0.458. The normalized spacial score (nSPS) is 10.2. The maximum Gasteiger partial charge on any atom is 0.221 e. The Balaban J connectivity index is 2.72. The molecule has 0 aliphatic rings. The molecule has 0 saturated carbocycles. The molecule has 0 atom stereocenters. The molecule has 1 aromatic carbocycles. The molecular weight excluding hydrogens is 258 g/mol. The van der Waals surface area contributed by atoms with Crippen molar-refractivity contribution in [3.63, 3.8) is 0 Å². The van der Waals surface area contributed by atoms with Gasteiger partial charge >= 0.3 is 0 Å². The van der Waals surface area contributed by atoms with Crippen LogP contribution in [0, 0.1) is 0 Å². The summed E-state index contributed by atoms with van der Waals surface area (Å²) in [5, 5.41) is 7.10. The van der Waals surface area contributed by atoms with Crippen molar-refractivity contribution < 1.29 is 23.8 Å². The highest BCUT2D eigenvalue weighted by Gasteiger charge is 2.08. The van der Waals surface area contributed by atoms with Gasteiger partial charge in [-0.1, -0.05) is 5.04 Å². The van der Waals surface area contributed by atoms with Crippen LogP contribution in [0.1, 0.15) is 13.8 Å². The second-order valence-corrected chi connectivity index (χ2v) is 3.91. The van der Waals surface area contributed by atoms with Crippen LogP contribution >= 0.6 is 12.0 Å². The molecule has 1 aromatic rings. The number of hydrogen-bond donors (Lipinski definition) is 1. The van der Waals surface area contributed by atoms with Crippen molar-refractivity contribution in [2.24, 2.45) is 0 Å². The van der Waals surface area contributed by atoms with Gasteiger partial charge in [-0.05, 0) is 25.1 Å². The van der Waals surface area contributed by atoms with Gasteiger partial charge in [0.15, 0.2) is 0 Å². The molecule has 0 fully saturated rings. The SMILES string of the molecule is CCOOOSc1cc(OC)ccc1NC(C)=O. The summed E-state index contributed by atoms with van der Waals surface area (Å²) < 4.78 is 9.86. The fourth-order valence-corrected chi connectivity index (χ4v) is 1.62. The maximum atomic E-state index is 11.0. The van der Waals surface area contributed by atoms with E-state index >= 15 is 0 Å². The lowest BCUT2D eigenvalue weighted by Crippen LogP contribution is -2.07. The van der Waals surface area contributed by atoms with Crippen molar-refractivity contribution in [3.8, 4) is 5.75 Å². The van der Waals surface area contributed by atoms with Gasteiger partial charge in [0.05, 0.1) is 36.3 Å². The van der Waals surface area contributed by atoms with Crippen molar-refractivity contribution in [1.82, 2.24) is 0 Å². The van der Waals surface area contributed by atoms with Crippen molar-refractivity contribution in [3.05, 3.63) is 18.2 Å². The standard InChI is InChI=1S/C11H15NO5S/c1-4-15-16-17-18-11-7-9(14-3)5-6-10(11)12-8(2)13/h5-7H,4H2,1-3H3,(H,12,13). The van der Waals surface area contributed by atoms with Crippen LogP contribution in [0.2, 0.25) is 0 Å². The molecule has 1 amide bonds. The predicted octanol–water partition coefficient (Wildman–Crippen LogP) is 2.56. The van der Waals surface area contributed by atoms with E-state index in [-0.39, 0.29) is 5.91 Å². The van der Waals surface area contributed by atoms with Gasteiger partial charge in [0, 0.05) is 6.92 Å². The Morgan fingerprint density at radius 3 is 2.83 bits per heavy atom. The van der Waals surface area contributed by atoms with Crippen LogP contribution in [-0.4, -0.2) is 19.6 Å². The third kappa shape index (κ3) is 4.92. The lowest BCUT2D eigenvalue weighted by atomic mass is 10.3. The number of hydrogen-bond acceptors (Lipinski definition) is 6. The Bertz CT molecular complexity index is 399. The second-order valence-electron chi connectivity index (χ2n) is 3.17. The van der Waals surface area contributed by atoms with Crippen LogP contribution in [0.3, 0.4) is 0 Å². The molecule has 1 N–H and O–H groups in total. The molecule has 0 aromatic heterocycles. The highest BCUT2D eigenvalue weighted by Crippen LogP contribution is 2.31. The highest BCUT2D eigenvalue weighted by atomic mass is 32.2. The van der Waals surface area contributed by atoms with E-state index < -0.39 is 0 Å². The van der Waals surface area contributed by atoms with Gasteiger partial charge in [-0.3, -0.25) is 4.79 Å². The second kappa shape index (κ2) is 7.93. The molecule has 6 nitrogen and oxygen atoms in total. The quantitative estimate of drug-likeness (QED) is 0.356. The summed E-state index contributed by atoms with van der Waals surface area (Å²) >= 11 is 0.917. The molecule has 100 valence electrons. The average Bonchev–Trinajstić information content (AvgIpc) is 2.35. The van der Waals surface area contributed by atoms with Gasteiger partial charge in [-0.2, -0.15) is 0 Å². The molecule has 0 unspecified atom stereocenters. The summed E-state index contributed by atoms with van der Waals surface area (Å²) in [6.07, 6.45) is 0. The zero-order chi connectivity index (χ0) is 13.4. The Hall–Kier alpha value is -1.28. The monoisotopic (exact) mass is 273 g/mol. The van der Waals surface area contributed by atoms with Crippen LogP contribution in [-0.2, 0) is 19.1 Å². The Labute approximate surface area is 110 Å². The molecule has 0 heterocycles. The Morgan fingerprint density at radius 1 is 1.44 bits per heavy atom. The number of carbonyl (C=O) groups excluding carboxylic acids is 1. The number of benzene rings is 1. The zero-order valence-electron chi connectivity index (χ0n) is 10.4. The predicted molar refractivity (Wildman–Crippen MR) is 67.0 cm³/mol. The van der Waals surface area contributed by atoms with Crippen LogP contribution in [0.4, 0.5) is 5.69 Å². The van der Waals surface area contributed by atoms with E-state index in [2.05, 4.69) is 15.2 Å². The van der Waals surface area contributed by atoms with Gasteiger partial charge < -0.3 is 10.1 Å². The minimum atomic E-state index is -0.173. The van der Waals surface area contributed by atoms with E-state index in [1.807, 2.05) is 0 Å². The maximum absolute atomic E-state index is 11.0. The molecule has 7 heteroatoms. The van der Waals surface area contributed by atoms with Crippen LogP contribution < -0.4 is 10.1 Å². The number of anilines is 1. The third-order valence-corrected chi connectivity index (χ3v) is 2.46. The number of carbonyl (C=O) groups is 1. The van der Waals surface area contributed by atoms with Gasteiger partial charge in [-0.15, -0.1) is 4.33 Å². The van der Waals surface area contributed by atoms with Crippen LogP contribution in [0.5, 0.6) is 5.75 Å². The lowest BCUT2D eigenvalue weighted by Gasteiger charge is -2.10. The number of ether oxygens (including phenoxy) is 1. The first-order valence-electron chi connectivity index (χ1n) is 5.25. The largest absolute Gasteiger partial charge is 0.497 e. The third-order valence-electron chi connectivity index (χ3n) is 1.82. The average molecular weight is 273 g/mol. The molecule has 0 aliphatic heterocycles. The molecule has 1 rings (SSSR count). The smallest absolute Gasteiger partial charge is 0.221 e. The molecule has 0 radical (unpaired) electrons. The van der Waals surface area contributed by atoms with Gasteiger partial charge in [0.2, 0.25) is 5.91 Å². The van der Waals surface area contributed by atoms with E-state index in [9.17, 15) is 4.79 Å². The number of nitrogens with one attached hydrogen (secondary N) is 1. The minimum Gasteiger partial charge on any atom is -0.497 e. The fraction of sp³-hybridized carbons (Fsp3) is 0.364. The molecule has 0 bridgehead atoms. The summed E-state index contributed by atoms with van der Waals surface area (Å²) in [7, 11) is 1.55. The van der Waals surface area contributed by atoms with E-state index in [0.717, 1.165) is 12.0 Å². The van der Waals surface area contributed by atoms with Gasteiger partial charge in [-0.25, -0.2) is 4.89 Å². The van der Waals surface area contributed by atoms with Crippen molar-refractivity contribution in [1.29, 1.82) is 0 Å². The van der Waals surface area contributed by atoms with Gasteiger partial charge in [0.25, 0.3) is 0 Å². The summed E-state index contributed by atoms with van der Waals surface area (Å²) in [5.41, 5.74) is 0.605. The summed E-state index contributed by atoms with van der Waals surface area (Å²) in [4.78, 5) is 16.3. The van der Waals surface area contributed by atoms with E-state index in [4.69, 9.17) is 9.07 Å². The van der Waals surface area contributed by atoms with E-state index in [1.54, 1.807) is 32.2 Å². The topological polar surface area (TPSA) is 66.0 Å². The van der Waals surface area contributed by atoms with Crippen LogP contribution in [0.25, 0.3) is 0 Å². The Kier molecular flexibility index (Phi) is 6.51. The molecule has 0 aliphatic carbocycles. The number of rotatable bonds is 7. The minimum absolute atomic E-state index is 0.173. The van der Waals surface area contributed by atoms with E-state index in [1.165, 1.54) is 6.92 Å². The number of amides is 1. The molecule has 18 heavy (non-hydrogen) atoms. The summed E-state index contributed by atoms with van der Waals surface area (Å²) in [6, 6.07) is 5.16. The first kappa shape index (κ1) is 14.8. The molecule has 0 spiro atoms. The molecular formula is C11H15NO5S. The molecule has 0 saturated heterocycles. The van der Waals surface area contributed by atoms with Crippen molar-refractivity contribution in [2.75, 3.05) is 19.0 Å². The fourth-order valence-electron chi connectivity index (χ4n) is 1.11. The summed E-state index contributed by atoms with van der Waals surface area (Å²) in [5.74, 6) is 0.472. The zero-order valence-corrected chi connectivity index (χ0v) is 11.2. The van der Waals surface area contributed by atoms with Crippen molar-refractivity contribution >= 4 is 23.6 Å². The summed E-state index contributed by atoms with van der Waals surface area (Å²) in [6.45, 7) is 3.57. The van der Waals surface area contributed by atoms with Gasteiger partial charge in [0.1, 0.15) is 5.75 Å². The van der Waals surface area contributed by atoms with Crippen LogP contribution in [0.15, 0.2) is 23.1 Å². The van der Waals surface area contributed by atoms with Crippen molar-refractivity contribution in [2.45, 2.75) is 18.7 Å². The Morgan fingerprint density at radius 2 is 2.22 bits per heavy atom. The first-order valence-corrected chi connectivity index (χ1v) is 6.00. The van der Waals surface area contributed by atoms with E-state index in [0.29, 0.717) is 22.9 Å². The number of methoxy groups -OCH3 is 1.